The molecule has 0 N–H and O–H groups in total. The molecule has 0 radical (unpaired) electrons. The highest BCUT2D eigenvalue weighted by atomic mass is 32.2. The van der Waals surface area contributed by atoms with Crippen LogP contribution in [0, 0.1) is 11.3 Å². The number of amides is 1. The number of fused-ring (bicyclic) bond motifs is 3. The van der Waals surface area contributed by atoms with E-state index in [0.717, 1.165) is 65.2 Å². The maximum absolute atomic E-state index is 14.9. The number of methoxy groups -OCH3 is 1. The van der Waals surface area contributed by atoms with Crippen LogP contribution in [-0.2, 0) is 33.8 Å². The summed E-state index contributed by atoms with van der Waals surface area (Å²) in [4.78, 5) is 31.3. The largest absolute Gasteiger partial charge is 0.493 e. The molecule has 1 aliphatic heterocycles. The van der Waals surface area contributed by atoms with E-state index in [-0.39, 0.29) is 17.4 Å². The second-order valence-electron chi connectivity index (χ2n) is 11.1. The van der Waals surface area contributed by atoms with Gasteiger partial charge in [0.15, 0.2) is 10.7 Å². The van der Waals surface area contributed by atoms with Crippen molar-refractivity contribution in [3.05, 3.63) is 62.5 Å². The van der Waals surface area contributed by atoms with Gasteiger partial charge in [-0.05, 0) is 74.1 Å². The van der Waals surface area contributed by atoms with E-state index >= 15 is 0 Å². The van der Waals surface area contributed by atoms with Gasteiger partial charge in [-0.1, -0.05) is 17.8 Å². The number of thioether (sulfide) groups is 1. The quantitative estimate of drug-likeness (QED) is 0.323. The minimum absolute atomic E-state index is 0.0771. The molecule has 1 aromatic carbocycles. The molecule has 3 heterocycles. The zero-order valence-corrected chi connectivity index (χ0v) is 24.5. The second kappa shape index (κ2) is 10.3. The van der Waals surface area contributed by atoms with E-state index in [4.69, 9.17) is 14.5 Å². The summed E-state index contributed by atoms with van der Waals surface area (Å²) in [7, 11) is 1.80. The van der Waals surface area contributed by atoms with Crippen LogP contribution in [0.25, 0.3) is 0 Å². The van der Waals surface area contributed by atoms with Crippen molar-refractivity contribution < 1.29 is 14.3 Å². The molecule has 1 atom stereocenters. The van der Waals surface area contributed by atoms with Crippen LogP contribution in [0.4, 0.5) is 0 Å². The van der Waals surface area contributed by atoms with Crippen molar-refractivity contribution in [3.8, 4) is 5.75 Å². The summed E-state index contributed by atoms with van der Waals surface area (Å²) in [5.41, 5.74) is 1.02. The predicted molar refractivity (Wildman–Crippen MR) is 155 cm³/mol. The van der Waals surface area contributed by atoms with Crippen LogP contribution in [-0.4, -0.2) is 45.8 Å². The topological polar surface area (TPSA) is 76.9 Å². The average molecular weight is 581 g/mol. The van der Waals surface area contributed by atoms with E-state index in [9.17, 15) is 4.79 Å². The van der Waals surface area contributed by atoms with Crippen LogP contribution < -0.4 is 4.74 Å². The molecule has 1 amide bonds. The van der Waals surface area contributed by atoms with Gasteiger partial charge < -0.3 is 9.47 Å². The zero-order chi connectivity index (χ0) is 26.5. The standard InChI is InChI=1S/C29H32N4O3S3/c1-35-21-6-8-28(9-7-21)15-20-4-5-22(36-17-19-2-3-19)14-23(20)29(28)26(34)33(16-24-30-10-12-37-24)27(32-29)39-18-25-31-11-13-38-25/h4-5,10-14,19,21H,2-3,6-9,15-18H2,1H3. The van der Waals surface area contributed by atoms with E-state index in [2.05, 4.69) is 28.2 Å². The Labute approximate surface area is 241 Å². The summed E-state index contributed by atoms with van der Waals surface area (Å²) in [5.74, 6) is 2.27. The first-order valence-electron chi connectivity index (χ1n) is 13.7. The molecule has 0 bridgehead atoms. The van der Waals surface area contributed by atoms with Crippen LogP contribution in [0.15, 0.2) is 46.3 Å². The van der Waals surface area contributed by atoms with Crippen LogP contribution in [0.2, 0.25) is 0 Å². The first-order chi connectivity index (χ1) is 19.1. The number of aromatic nitrogens is 2. The molecule has 7 nitrogen and oxygen atoms in total. The molecule has 4 aliphatic rings. The number of carbonyl (C=O) groups excluding carboxylic acids is 1. The van der Waals surface area contributed by atoms with E-state index < -0.39 is 5.54 Å². The third-order valence-electron chi connectivity index (χ3n) is 8.81. The summed E-state index contributed by atoms with van der Waals surface area (Å²) in [6, 6.07) is 6.40. The average Bonchev–Trinajstić information content (AvgIpc) is 3.28. The number of amidine groups is 1. The van der Waals surface area contributed by atoms with Crippen LogP contribution in [0.3, 0.4) is 0 Å². The summed E-state index contributed by atoms with van der Waals surface area (Å²) in [5, 5.41) is 6.68. The van der Waals surface area contributed by atoms with Crippen molar-refractivity contribution in [2.75, 3.05) is 13.7 Å². The Morgan fingerprint density at radius 3 is 2.54 bits per heavy atom. The lowest BCUT2D eigenvalue weighted by Crippen LogP contribution is -2.51. The lowest BCUT2D eigenvalue weighted by atomic mass is 9.61. The number of nitrogens with zero attached hydrogens (tertiary/aromatic N) is 4. The van der Waals surface area contributed by atoms with Crippen molar-refractivity contribution in [1.29, 1.82) is 0 Å². The normalized spacial score (nSPS) is 27.9. The predicted octanol–water partition coefficient (Wildman–Crippen LogP) is 6.05. The van der Waals surface area contributed by atoms with Gasteiger partial charge in [0.25, 0.3) is 5.91 Å². The highest BCUT2D eigenvalue weighted by molar-refractivity contribution is 8.13. The summed E-state index contributed by atoms with van der Waals surface area (Å²) < 4.78 is 12.0. The molecule has 3 aromatic rings. The Bertz CT molecular complexity index is 1360. The molecule has 0 saturated heterocycles. The van der Waals surface area contributed by atoms with Gasteiger partial charge in [0.1, 0.15) is 15.8 Å². The number of hydrogen-bond donors (Lipinski definition) is 0. The Morgan fingerprint density at radius 2 is 1.85 bits per heavy atom. The number of rotatable bonds is 8. The monoisotopic (exact) mass is 580 g/mol. The number of ether oxygens (including phenoxy) is 2. The van der Waals surface area contributed by atoms with Gasteiger partial charge in [-0.15, -0.1) is 22.7 Å². The van der Waals surface area contributed by atoms with Crippen molar-refractivity contribution >= 4 is 45.5 Å². The summed E-state index contributed by atoms with van der Waals surface area (Å²) in [6.45, 7) is 1.18. The number of aliphatic imine (C=N–C) groups is 1. The van der Waals surface area contributed by atoms with E-state index in [1.165, 1.54) is 18.4 Å². The van der Waals surface area contributed by atoms with Gasteiger partial charge in [-0.2, -0.15) is 0 Å². The Morgan fingerprint density at radius 1 is 1.08 bits per heavy atom. The molecule has 2 saturated carbocycles. The maximum Gasteiger partial charge on any atom is 0.262 e. The fourth-order valence-electron chi connectivity index (χ4n) is 6.55. The van der Waals surface area contributed by atoms with Gasteiger partial charge in [-0.25, -0.2) is 15.0 Å². The van der Waals surface area contributed by atoms with E-state index in [1.807, 2.05) is 21.9 Å². The molecule has 39 heavy (non-hydrogen) atoms. The first-order valence-corrected chi connectivity index (χ1v) is 16.4. The molecule has 2 aromatic heterocycles. The van der Waals surface area contributed by atoms with Gasteiger partial charge >= 0.3 is 0 Å². The molecular weight excluding hydrogens is 549 g/mol. The number of carbonyl (C=O) groups is 1. The molecule has 2 fully saturated rings. The Balaban J connectivity index is 1.31. The summed E-state index contributed by atoms with van der Waals surface area (Å²) in [6.07, 6.45) is 10.9. The van der Waals surface area contributed by atoms with Crippen molar-refractivity contribution in [1.82, 2.24) is 14.9 Å². The maximum atomic E-state index is 14.9. The molecule has 3 aliphatic carbocycles. The molecule has 2 spiro atoms. The molecule has 1 unspecified atom stereocenters. The van der Waals surface area contributed by atoms with Crippen LogP contribution >= 0.6 is 34.4 Å². The Hall–Kier alpha value is -2.27. The zero-order valence-electron chi connectivity index (χ0n) is 22.0. The lowest BCUT2D eigenvalue weighted by Gasteiger charge is -2.45. The van der Waals surface area contributed by atoms with Gasteiger partial charge in [0, 0.05) is 35.7 Å². The fraction of sp³-hybridized carbons (Fsp3) is 0.517. The molecule has 7 rings (SSSR count). The first kappa shape index (κ1) is 25.7. The number of hydrogen-bond acceptors (Lipinski definition) is 9. The number of thiazole rings is 2. The molecule has 204 valence electrons. The minimum atomic E-state index is -0.956. The third kappa shape index (κ3) is 4.53. The highest BCUT2D eigenvalue weighted by Crippen LogP contribution is 2.63. The van der Waals surface area contributed by atoms with Crippen LogP contribution in [0.1, 0.15) is 59.7 Å². The smallest absolute Gasteiger partial charge is 0.262 e. The van der Waals surface area contributed by atoms with Crippen molar-refractivity contribution in [3.63, 3.8) is 0 Å². The van der Waals surface area contributed by atoms with Gasteiger partial charge in [0.2, 0.25) is 0 Å². The van der Waals surface area contributed by atoms with Gasteiger partial charge in [-0.3, -0.25) is 9.69 Å². The lowest BCUT2D eigenvalue weighted by molar-refractivity contribution is -0.138. The minimum Gasteiger partial charge on any atom is -0.493 e. The fourth-order valence-corrected chi connectivity index (χ4v) is 8.84. The van der Waals surface area contributed by atoms with Gasteiger partial charge in [0.05, 0.1) is 25.0 Å². The highest BCUT2D eigenvalue weighted by Gasteiger charge is 2.67. The molecular formula is C29H32N4O3S3. The number of benzene rings is 1. The molecule has 10 heteroatoms. The van der Waals surface area contributed by atoms with E-state index in [1.54, 1.807) is 47.7 Å². The Kier molecular flexibility index (Phi) is 6.77. The summed E-state index contributed by atoms with van der Waals surface area (Å²) >= 11 is 4.83. The third-order valence-corrected chi connectivity index (χ3v) is 11.5. The van der Waals surface area contributed by atoms with Crippen molar-refractivity contribution in [2.45, 2.75) is 68.9 Å². The second-order valence-corrected chi connectivity index (χ2v) is 14.0. The van der Waals surface area contributed by atoms with Crippen molar-refractivity contribution in [2.24, 2.45) is 16.3 Å². The SMILES string of the molecule is COC1CCC2(CC1)Cc1ccc(OCC3CC3)cc1C21N=C(SCc2nccs2)N(Cc2nccs2)C1=O. The van der Waals surface area contributed by atoms with E-state index in [0.29, 0.717) is 18.2 Å². The van der Waals surface area contributed by atoms with Crippen LogP contribution in [0.5, 0.6) is 5.75 Å².